The number of nitrogens with zero attached hydrogens (tertiary/aromatic N) is 1. The summed E-state index contributed by atoms with van der Waals surface area (Å²) in [5.74, 6) is -2.34. The van der Waals surface area contributed by atoms with E-state index in [0.717, 1.165) is 0 Å². The molecule has 1 aliphatic rings. The van der Waals surface area contributed by atoms with E-state index >= 15 is 0 Å². The average Bonchev–Trinajstić information content (AvgIpc) is 2.74. The number of carboxylic acids is 1. The van der Waals surface area contributed by atoms with Crippen molar-refractivity contribution < 1.29 is 24.3 Å². The minimum atomic E-state index is -1.12. The van der Waals surface area contributed by atoms with Gasteiger partial charge in [-0.2, -0.15) is 0 Å². The van der Waals surface area contributed by atoms with Gasteiger partial charge >= 0.3 is 12.0 Å². The number of nitrogens with one attached hydrogen (secondary N) is 3. The highest BCUT2D eigenvalue weighted by Crippen LogP contribution is 2.34. The minimum absolute atomic E-state index is 0.0678. The highest BCUT2D eigenvalue weighted by molar-refractivity contribution is 6.12. The highest BCUT2D eigenvalue weighted by Gasteiger charge is 2.40. The molecule has 0 aromatic heterocycles. The summed E-state index contributed by atoms with van der Waals surface area (Å²) in [5, 5.41) is 17.7. The fourth-order valence-corrected chi connectivity index (χ4v) is 3.96. The predicted octanol–water partition coefficient (Wildman–Crippen LogP) is 3.21. The third-order valence-electron chi connectivity index (χ3n) is 5.91. The van der Waals surface area contributed by atoms with Crippen LogP contribution in [-0.2, 0) is 14.4 Å². The smallest absolute Gasteiger partial charge is 0.326 e. The van der Waals surface area contributed by atoms with Gasteiger partial charge in [0.1, 0.15) is 18.1 Å². The van der Waals surface area contributed by atoms with Crippen LogP contribution in [0, 0.1) is 17.8 Å². The number of hydrogen-bond donors (Lipinski definition) is 4. The van der Waals surface area contributed by atoms with E-state index in [1.54, 1.807) is 24.3 Å². The molecule has 0 unspecified atom stereocenters. The summed E-state index contributed by atoms with van der Waals surface area (Å²) in [7, 11) is 0. The zero-order valence-electron chi connectivity index (χ0n) is 20.2. The summed E-state index contributed by atoms with van der Waals surface area (Å²) in [6.07, 6.45) is 0.863. The Morgan fingerprint density at radius 3 is 2.27 bits per heavy atom. The number of carboxylic acid groups (broad SMARTS) is 1. The van der Waals surface area contributed by atoms with E-state index in [2.05, 4.69) is 16.0 Å². The van der Waals surface area contributed by atoms with Crippen molar-refractivity contribution in [2.45, 2.75) is 72.5 Å². The van der Waals surface area contributed by atoms with E-state index in [1.807, 2.05) is 41.5 Å². The molecule has 0 saturated heterocycles. The number of fused-ring (bicyclic) bond motifs is 1. The maximum Gasteiger partial charge on any atom is 0.326 e. The summed E-state index contributed by atoms with van der Waals surface area (Å²) in [5.41, 5.74) is 1.06. The van der Waals surface area contributed by atoms with E-state index < -0.39 is 36.0 Å². The second-order valence-electron chi connectivity index (χ2n) is 9.41. The van der Waals surface area contributed by atoms with Crippen LogP contribution in [0.15, 0.2) is 24.3 Å². The molecule has 182 valence electrons. The number of carbonyl (C=O) groups excluding carboxylic acids is 3. The average molecular weight is 461 g/mol. The molecule has 2 rings (SSSR count). The molecular formula is C24H36N4O5. The summed E-state index contributed by atoms with van der Waals surface area (Å²) >= 11 is 0. The maximum atomic E-state index is 13.5. The van der Waals surface area contributed by atoms with Gasteiger partial charge in [-0.15, -0.1) is 0 Å². The van der Waals surface area contributed by atoms with E-state index in [0.29, 0.717) is 17.8 Å². The Kier molecular flexibility index (Phi) is 8.84. The molecule has 0 aliphatic carbocycles. The van der Waals surface area contributed by atoms with Gasteiger partial charge in [-0.1, -0.05) is 60.1 Å². The van der Waals surface area contributed by atoms with Crippen LogP contribution >= 0.6 is 0 Å². The van der Waals surface area contributed by atoms with Crippen LogP contribution in [0.4, 0.5) is 16.2 Å². The van der Waals surface area contributed by atoms with Crippen molar-refractivity contribution in [3.05, 3.63) is 24.3 Å². The van der Waals surface area contributed by atoms with Crippen molar-refractivity contribution in [3.8, 4) is 0 Å². The molecule has 0 spiro atoms. The van der Waals surface area contributed by atoms with Gasteiger partial charge in [0.15, 0.2) is 0 Å². The van der Waals surface area contributed by atoms with Crippen LogP contribution in [0.3, 0.4) is 0 Å². The van der Waals surface area contributed by atoms with Gasteiger partial charge in [0, 0.05) is 0 Å². The monoisotopic (exact) mass is 460 g/mol. The first-order valence-electron chi connectivity index (χ1n) is 11.5. The van der Waals surface area contributed by atoms with Crippen LogP contribution in [0.25, 0.3) is 0 Å². The van der Waals surface area contributed by atoms with Gasteiger partial charge < -0.3 is 21.1 Å². The van der Waals surface area contributed by atoms with Crippen LogP contribution in [0.5, 0.6) is 0 Å². The lowest BCUT2D eigenvalue weighted by molar-refractivity contribution is -0.142. The van der Waals surface area contributed by atoms with Crippen LogP contribution in [0.2, 0.25) is 0 Å². The molecule has 0 saturated carbocycles. The normalized spacial score (nSPS) is 18.2. The van der Waals surface area contributed by atoms with Gasteiger partial charge in [0.25, 0.3) is 0 Å². The molecule has 4 N–H and O–H groups in total. The molecule has 0 radical (unpaired) electrons. The lowest BCUT2D eigenvalue weighted by Gasteiger charge is -2.39. The van der Waals surface area contributed by atoms with Crippen molar-refractivity contribution in [2.24, 2.45) is 17.8 Å². The predicted molar refractivity (Wildman–Crippen MR) is 127 cm³/mol. The van der Waals surface area contributed by atoms with Crippen molar-refractivity contribution in [1.29, 1.82) is 0 Å². The molecule has 4 amide bonds. The number of rotatable bonds is 9. The second-order valence-corrected chi connectivity index (χ2v) is 9.41. The number of carbonyl (C=O) groups is 4. The topological polar surface area (TPSA) is 128 Å². The van der Waals surface area contributed by atoms with Gasteiger partial charge in [0.2, 0.25) is 11.8 Å². The van der Waals surface area contributed by atoms with Crippen LogP contribution < -0.4 is 20.9 Å². The Labute approximate surface area is 195 Å². The zero-order chi connectivity index (χ0) is 24.9. The fraction of sp³-hybridized carbons (Fsp3) is 0.583. The molecule has 1 aromatic rings. The summed E-state index contributed by atoms with van der Waals surface area (Å²) < 4.78 is 0. The number of aliphatic carboxylic acids is 1. The minimum Gasteiger partial charge on any atom is -0.480 e. The molecule has 4 atom stereocenters. The van der Waals surface area contributed by atoms with Crippen molar-refractivity contribution in [1.82, 2.24) is 10.6 Å². The second kappa shape index (κ2) is 11.2. The summed E-state index contributed by atoms with van der Waals surface area (Å²) in [6, 6.07) is 3.65. The van der Waals surface area contributed by atoms with Crippen LogP contribution in [-0.4, -0.2) is 47.0 Å². The highest BCUT2D eigenvalue weighted by atomic mass is 16.4. The third kappa shape index (κ3) is 6.24. The number of anilines is 2. The Morgan fingerprint density at radius 1 is 1.09 bits per heavy atom. The van der Waals surface area contributed by atoms with Gasteiger partial charge in [-0.25, -0.2) is 9.59 Å². The number of benzene rings is 1. The van der Waals surface area contributed by atoms with E-state index in [4.69, 9.17) is 0 Å². The van der Waals surface area contributed by atoms with E-state index in [1.165, 1.54) is 4.90 Å². The summed E-state index contributed by atoms with van der Waals surface area (Å²) in [4.78, 5) is 52.4. The fourth-order valence-electron chi connectivity index (χ4n) is 3.96. The van der Waals surface area contributed by atoms with Gasteiger partial charge in [-0.3, -0.25) is 14.5 Å². The van der Waals surface area contributed by atoms with Gasteiger partial charge in [0.05, 0.1) is 11.4 Å². The van der Waals surface area contributed by atoms with Crippen LogP contribution in [0.1, 0.15) is 54.4 Å². The molecule has 9 heteroatoms. The molecule has 0 bridgehead atoms. The Morgan fingerprint density at radius 2 is 1.73 bits per heavy atom. The first-order chi connectivity index (χ1) is 15.5. The maximum absolute atomic E-state index is 13.5. The van der Waals surface area contributed by atoms with E-state index in [-0.39, 0.29) is 30.1 Å². The molecule has 0 fully saturated rings. The number of urea groups is 1. The largest absolute Gasteiger partial charge is 0.480 e. The van der Waals surface area contributed by atoms with Crippen molar-refractivity contribution in [3.63, 3.8) is 0 Å². The zero-order valence-corrected chi connectivity index (χ0v) is 20.2. The lowest BCUT2D eigenvalue weighted by atomic mass is 9.96. The molecular weight excluding hydrogens is 424 g/mol. The number of amides is 4. The quantitative estimate of drug-likeness (QED) is 0.450. The third-order valence-corrected chi connectivity index (χ3v) is 5.91. The molecule has 1 heterocycles. The molecule has 1 aromatic carbocycles. The lowest BCUT2D eigenvalue weighted by Crippen LogP contribution is -2.61. The SMILES string of the molecule is CC[C@@H](C)[C@@H](NC(=O)N1c2ccccc2NC(=O)[C@@H]1C(C)C)C(=O)N[C@@H](CC(C)C)C(=O)O. The van der Waals surface area contributed by atoms with Crippen molar-refractivity contribution >= 4 is 35.2 Å². The number of para-hydroxylation sites is 2. The Hall–Kier alpha value is -3.10. The standard InChI is InChI=1S/C24H36N4O5/c1-7-15(6)19(21(29)26-17(23(31)32)12-13(2)3)27-24(33)28-18-11-9-8-10-16(18)25-22(30)20(28)14(4)5/h8-11,13-15,17,19-20H,7,12H2,1-6H3,(H,25,30)(H,26,29)(H,27,33)(H,31,32)/t15-,17+,19-,20+/m1/s1. The first kappa shape index (κ1) is 26.2. The summed E-state index contributed by atoms with van der Waals surface area (Å²) in [6.45, 7) is 11.2. The molecule has 33 heavy (non-hydrogen) atoms. The molecule has 1 aliphatic heterocycles. The number of hydrogen-bond acceptors (Lipinski definition) is 4. The first-order valence-corrected chi connectivity index (χ1v) is 11.5. The Balaban J connectivity index is 2.34. The molecule has 9 nitrogen and oxygen atoms in total. The Bertz CT molecular complexity index is 885. The van der Waals surface area contributed by atoms with Crippen molar-refractivity contribution in [2.75, 3.05) is 10.2 Å². The van der Waals surface area contributed by atoms with E-state index in [9.17, 15) is 24.3 Å². The van der Waals surface area contributed by atoms with Gasteiger partial charge in [-0.05, 0) is 36.3 Å².